The molecule has 1 aliphatic rings. The highest BCUT2D eigenvalue weighted by atomic mass is 35.5. The van der Waals surface area contributed by atoms with Gasteiger partial charge in [-0.05, 0) is 59.5 Å². The van der Waals surface area contributed by atoms with E-state index in [-0.39, 0.29) is 10.9 Å². The molecule has 1 fully saturated rings. The van der Waals surface area contributed by atoms with Crippen molar-refractivity contribution in [3.05, 3.63) is 64.3 Å². The lowest BCUT2D eigenvalue weighted by Gasteiger charge is -2.14. The Balaban J connectivity index is 1.64. The molecule has 1 heterocycles. The molecule has 0 unspecified atom stereocenters. The summed E-state index contributed by atoms with van der Waals surface area (Å²) in [4.78, 5) is 12.7. The van der Waals surface area contributed by atoms with Crippen molar-refractivity contribution >= 4 is 50.4 Å². The zero-order chi connectivity index (χ0) is 20.4. The van der Waals surface area contributed by atoms with Crippen LogP contribution in [0.25, 0.3) is 11.1 Å². The second kappa shape index (κ2) is 8.16. The molecular formula is C20H18ClN3O3S2. The monoisotopic (exact) mass is 447 g/mol. The number of hydrogen-bond acceptors (Lipinski definition) is 4. The van der Waals surface area contributed by atoms with E-state index < -0.39 is 16.1 Å². The van der Waals surface area contributed by atoms with Gasteiger partial charge in [0.15, 0.2) is 0 Å². The summed E-state index contributed by atoms with van der Waals surface area (Å²) in [6.07, 6.45) is 1.69. The van der Waals surface area contributed by atoms with Gasteiger partial charge in [0.2, 0.25) is 10.0 Å². The molecule has 6 nitrogen and oxygen atoms in total. The van der Waals surface area contributed by atoms with E-state index in [1.807, 2.05) is 16.8 Å². The second-order valence-corrected chi connectivity index (χ2v) is 9.58. The first-order valence-corrected chi connectivity index (χ1v) is 11.7. The van der Waals surface area contributed by atoms with E-state index in [1.54, 1.807) is 36.4 Å². The summed E-state index contributed by atoms with van der Waals surface area (Å²) in [7, 11) is -3.65. The molecule has 3 N–H and O–H groups in total. The Morgan fingerprint density at radius 2 is 1.79 bits per heavy atom. The summed E-state index contributed by atoms with van der Waals surface area (Å²) in [6, 6.07) is 13.0. The third-order valence-corrected chi connectivity index (χ3v) is 6.93. The van der Waals surface area contributed by atoms with E-state index in [0.717, 1.165) is 24.0 Å². The number of thiophene rings is 1. The fourth-order valence-corrected chi connectivity index (χ4v) is 4.96. The topological polar surface area (TPSA) is 87.3 Å². The summed E-state index contributed by atoms with van der Waals surface area (Å²) < 4.78 is 27.9. The van der Waals surface area contributed by atoms with Gasteiger partial charge in [-0.1, -0.05) is 29.8 Å². The van der Waals surface area contributed by atoms with Crippen molar-refractivity contribution in [2.45, 2.75) is 23.8 Å². The maximum absolute atomic E-state index is 12.6. The van der Waals surface area contributed by atoms with Gasteiger partial charge >= 0.3 is 6.03 Å². The second-order valence-electron chi connectivity index (χ2n) is 6.67. The van der Waals surface area contributed by atoms with Crippen molar-refractivity contribution < 1.29 is 13.2 Å². The van der Waals surface area contributed by atoms with Crippen LogP contribution >= 0.6 is 22.9 Å². The molecule has 0 spiro atoms. The van der Waals surface area contributed by atoms with Crippen LogP contribution in [0.2, 0.25) is 5.02 Å². The number of carbonyl (C=O) groups excluding carboxylic acids is 1. The van der Waals surface area contributed by atoms with Crippen LogP contribution in [-0.2, 0) is 10.0 Å². The van der Waals surface area contributed by atoms with Crippen LogP contribution in [0.5, 0.6) is 0 Å². The van der Waals surface area contributed by atoms with Gasteiger partial charge < -0.3 is 10.6 Å². The number of hydrogen-bond donors (Lipinski definition) is 3. The molecular weight excluding hydrogens is 430 g/mol. The molecule has 0 saturated heterocycles. The van der Waals surface area contributed by atoms with Gasteiger partial charge in [0.25, 0.3) is 0 Å². The number of sulfonamides is 1. The van der Waals surface area contributed by atoms with Crippen molar-refractivity contribution in [2.75, 3.05) is 10.6 Å². The van der Waals surface area contributed by atoms with Gasteiger partial charge in [0, 0.05) is 11.6 Å². The molecule has 0 aliphatic heterocycles. The molecule has 1 aliphatic carbocycles. The van der Waals surface area contributed by atoms with Crippen LogP contribution in [0.1, 0.15) is 12.8 Å². The van der Waals surface area contributed by atoms with Crippen molar-refractivity contribution in [3.63, 3.8) is 0 Å². The van der Waals surface area contributed by atoms with Crippen molar-refractivity contribution in [2.24, 2.45) is 0 Å². The number of amides is 2. The summed E-state index contributed by atoms with van der Waals surface area (Å²) in [5.41, 5.74) is 2.47. The molecule has 4 rings (SSSR count). The number of carbonyl (C=O) groups is 1. The van der Waals surface area contributed by atoms with Crippen LogP contribution in [0.3, 0.4) is 0 Å². The quantitative estimate of drug-likeness (QED) is 0.488. The van der Waals surface area contributed by atoms with Crippen LogP contribution in [-0.4, -0.2) is 20.5 Å². The van der Waals surface area contributed by atoms with Gasteiger partial charge in [-0.15, -0.1) is 0 Å². The summed E-state index contributed by atoms with van der Waals surface area (Å²) >= 11 is 7.61. The van der Waals surface area contributed by atoms with Gasteiger partial charge in [-0.25, -0.2) is 17.9 Å². The normalized spacial score (nSPS) is 13.8. The SMILES string of the molecule is O=C(Nc1ccccc1Cl)Nc1cc(S(=O)(=O)NC2CC2)ccc1-c1ccsc1. The zero-order valence-electron chi connectivity index (χ0n) is 15.2. The van der Waals surface area contributed by atoms with Crippen LogP contribution in [0, 0.1) is 0 Å². The van der Waals surface area contributed by atoms with E-state index in [9.17, 15) is 13.2 Å². The van der Waals surface area contributed by atoms with E-state index in [1.165, 1.54) is 17.4 Å². The predicted molar refractivity (Wildman–Crippen MR) is 117 cm³/mol. The summed E-state index contributed by atoms with van der Waals surface area (Å²) in [5, 5.41) is 9.71. The van der Waals surface area contributed by atoms with Crippen LogP contribution < -0.4 is 15.4 Å². The van der Waals surface area contributed by atoms with E-state index >= 15 is 0 Å². The van der Waals surface area contributed by atoms with Gasteiger partial charge in [-0.2, -0.15) is 11.3 Å². The molecule has 0 bridgehead atoms. The maximum Gasteiger partial charge on any atom is 0.323 e. The molecule has 1 saturated carbocycles. The molecule has 2 aromatic carbocycles. The largest absolute Gasteiger partial charge is 0.323 e. The average molecular weight is 448 g/mol. The molecule has 1 aromatic heterocycles. The third-order valence-electron chi connectivity index (χ3n) is 4.40. The number of nitrogens with one attached hydrogen (secondary N) is 3. The van der Waals surface area contributed by atoms with E-state index in [2.05, 4.69) is 15.4 Å². The van der Waals surface area contributed by atoms with E-state index in [4.69, 9.17) is 11.6 Å². The molecule has 2 amide bonds. The lowest BCUT2D eigenvalue weighted by molar-refractivity contribution is 0.262. The molecule has 0 atom stereocenters. The standard InChI is InChI=1S/C20H18ClN3O3S2/c21-17-3-1-2-4-18(17)22-20(25)23-19-11-15(29(26,27)24-14-5-6-14)7-8-16(19)13-9-10-28-12-13/h1-4,7-12,14,24H,5-6H2,(H2,22,23,25). The number of urea groups is 1. The Bertz CT molecular complexity index is 1140. The summed E-state index contributed by atoms with van der Waals surface area (Å²) in [6.45, 7) is 0. The number of rotatable bonds is 6. The zero-order valence-corrected chi connectivity index (χ0v) is 17.6. The average Bonchev–Trinajstić information content (AvgIpc) is 3.31. The Morgan fingerprint density at radius 1 is 1.03 bits per heavy atom. The number of anilines is 2. The number of benzene rings is 2. The predicted octanol–water partition coefficient (Wildman–Crippen LogP) is 5.15. The highest BCUT2D eigenvalue weighted by Gasteiger charge is 2.28. The number of halogens is 1. The van der Waals surface area contributed by atoms with Crippen LogP contribution in [0.15, 0.2) is 64.2 Å². The smallest absolute Gasteiger partial charge is 0.307 e. The highest BCUT2D eigenvalue weighted by Crippen LogP contribution is 2.33. The van der Waals surface area contributed by atoms with Gasteiger partial charge in [0.1, 0.15) is 0 Å². The van der Waals surface area contributed by atoms with Crippen molar-refractivity contribution in [3.8, 4) is 11.1 Å². The highest BCUT2D eigenvalue weighted by molar-refractivity contribution is 7.89. The molecule has 29 heavy (non-hydrogen) atoms. The Kier molecular flexibility index (Phi) is 5.60. The molecule has 3 aromatic rings. The van der Waals surface area contributed by atoms with Gasteiger partial charge in [-0.3, -0.25) is 0 Å². The fraction of sp³-hybridized carbons (Fsp3) is 0.150. The lowest BCUT2D eigenvalue weighted by Crippen LogP contribution is -2.26. The maximum atomic E-state index is 12.6. The lowest BCUT2D eigenvalue weighted by atomic mass is 10.1. The minimum atomic E-state index is -3.65. The Morgan fingerprint density at radius 3 is 2.48 bits per heavy atom. The molecule has 150 valence electrons. The number of para-hydroxylation sites is 1. The molecule has 9 heteroatoms. The van der Waals surface area contributed by atoms with Crippen LogP contribution in [0.4, 0.5) is 16.2 Å². The first kappa shape index (κ1) is 19.9. The van der Waals surface area contributed by atoms with E-state index in [0.29, 0.717) is 16.4 Å². The minimum Gasteiger partial charge on any atom is -0.307 e. The Labute approximate surface area is 178 Å². The molecule has 0 radical (unpaired) electrons. The van der Waals surface area contributed by atoms with Gasteiger partial charge in [0.05, 0.1) is 21.3 Å². The fourth-order valence-electron chi connectivity index (χ4n) is 2.79. The first-order chi connectivity index (χ1) is 13.9. The Hall–Kier alpha value is -2.39. The minimum absolute atomic E-state index is 0.00326. The van der Waals surface area contributed by atoms with Crippen molar-refractivity contribution in [1.29, 1.82) is 0 Å². The third kappa shape index (κ3) is 4.79. The summed E-state index contributed by atoms with van der Waals surface area (Å²) in [5.74, 6) is 0. The van der Waals surface area contributed by atoms with Crippen molar-refractivity contribution in [1.82, 2.24) is 4.72 Å². The first-order valence-electron chi connectivity index (χ1n) is 8.94.